The minimum Gasteiger partial charge on any atom is -0.483 e. The number of aryl methyl sites for hydroxylation is 2. The number of aromatic nitrogens is 5. The van der Waals surface area contributed by atoms with Crippen molar-refractivity contribution in [3.05, 3.63) is 69.4 Å². The summed E-state index contributed by atoms with van der Waals surface area (Å²) in [5.41, 5.74) is 4.55. The second kappa shape index (κ2) is 13.0. The highest BCUT2D eigenvalue weighted by Gasteiger charge is 2.35. The Morgan fingerprint density at radius 1 is 1.14 bits per heavy atom. The monoisotopic (exact) mass is 513 g/mol. The highest BCUT2D eigenvalue weighted by Crippen LogP contribution is 2.35. The van der Waals surface area contributed by atoms with Crippen LogP contribution in [0.3, 0.4) is 0 Å². The lowest BCUT2D eigenvalue weighted by Gasteiger charge is -2.43. The van der Waals surface area contributed by atoms with Crippen molar-refractivity contribution in [2.75, 3.05) is 20.1 Å². The molecule has 3 N–H and O–H groups in total. The van der Waals surface area contributed by atoms with Gasteiger partial charge in [0.05, 0.1) is 12.7 Å². The molecule has 2 aliphatic rings. The molecule has 5 rings (SSSR count). The number of H-pyrrole nitrogens is 1. The van der Waals surface area contributed by atoms with Gasteiger partial charge in [-0.05, 0) is 32.4 Å². The Hall–Kier alpha value is -3.77. The summed E-state index contributed by atoms with van der Waals surface area (Å²) >= 11 is 0. The van der Waals surface area contributed by atoms with Crippen molar-refractivity contribution < 1.29 is 19.8 Å². The molecule has 0 saturated carbocycles. The van der Waals surface area contributed by atoms with Crippen LogP contribution in [-0.2, 0) is 42.8 Å². The fourth-order valence-corrected chi connectivity index (χ4v) is 5.30. The van der Waals surface area contributed by atoms with E-state index < -0.39 is 0 Å². The number of fused-ring (bicyclic) bond motifs is 4. The number of pyridine rings is 1. The Bertz CT molecular complexity index is 1230. The smallest absolute Gasteiger partial charge is 0.290 e. The van der Waals surface area contributed by atoms with Gasteiger partial charge in [0.1, 0.15) is 5.82 Å². The summed E-state index contributed by atoms with van der Waals surface area (Å²) < 4.78 is 3.92. The van der Waals surface area contributed by atoms with Crippen molar-refractivity contribution in [1.29, 1.82) is 0 Å². The first-order valence-corrected chi connectivity index (χ1v) is 12.0. The lowest BCUT2D eigenvalue weighted by molar-refractivity contribution is -0.123. The van der Waals surface area contributed by atoms with Crippen LogP contribution in [0.1, 0.15) is 40.7 Å². The van der Waals surface area contributed by atoms with Crippen LogP contribution >= 0.6 is 0 Å². The molecule has 12 heteroatoms. The van der Waals surface area contributed by atoms with E-state index in [1.165, 1.54) is 17.7 Å². The Morgan fingerprint density at radius 3 is 2.49 bits per heavy atom. The number of carbonyl (C=O) groups is 2. The maximum atomic E-state index is 13.3. The summed E-state index contributed by atoms with van der Waals surface area (Å²) in [6.07, 6.45) is 7.07. The van der Waals surface area contributed by atoms with E-state index >= 15 is 0 Å². The second-order valence-electron chi connectivity index (χ2n) is 9.61. The van der Waals surface area contributed by atoms with Crippen LogP contribution in [0.2, 0.25) is 0 Å². The molecule has 200 valence electrons. The molecule has 3 aromatic rings. The van der Waals surface area contributed by atoms with Crippen molar-refractivity contribution in [2.24, 2.45) is 13.0 Å². The molecule has 0 spiro atoms. The molecular weight excluding hydrogens is 478 g/mol. The van der Waals surface area contributed by atoms with E-state index in [1.807, 2.05) is 44.2 Å². The molecule has 0 radical (unpaired) electrons. The zero-order chi connectivity index (χ0) is 26.9. The van der Waals surface area contributed by atoms with E-state index in [-0.39, 0.29) is 18.5 Å². The first-order chi connectivity index (χ1) is 17.8. The molecule has 0 aliphatic carbocycles. The Balaban J connectivity index is 0.000000580. The fraction of sp³-hybridized carbons (Fsp3) is 0.480. The van der Waals surface area contributed by atoms with Crippen LogP contribution < -0.4 is 5.56 Å². The van der Waals surface area contributed by atoms with Gasteiger partial charge in [-0.2, -0.15) is 5.10 Å². The van der Waals surface area contributed by atoms with Gasteiger partial charge in [-0.25, -0.2) is 4.98 Å². The molecule has 3 aromatic heterocycles. The second-order valence-corrected chi connectivity index (χ2v) is 9.61. The van der Waals surface area contributed by atoms with Crippen molar-refractivity contribution >= 4 is 12.9 Å². The minimum atomic E-state index is -0.250. The summed E-state index contributed by atoms with van der Waals surface area (Å²) in [5.74, 6) is 1.88. The number of likely N-dealkylation sites (tertiary alicyclic amines) is 1. The molecule has 0 unspecified atom stereocenters. The predicted molar refractivity (Wildman–Crippen MR) is 136 cm³/mol. The number of nitrogens with one attached hydrogen (secondary N) is 1. The number of aromatic amines is 1. The van der Waals surface area contributed by atoms with Crippen molar-refractivity contribution in [3.8, 4) is 0 Å². The number of rotatable bonds is 6. The van der Waals surface area contributed by atoms with Gasteiger partial charge in [-0.3, -0.25) is 28.9 Å². The normalized spacial score (nSPS) is 18.2. The number of imidazole rings is 1. The van der Waals surface area contributed by atoms with Gasteiger partial charge in [-0.15, -0.1) is 0 Å². The van der Waals surface area contributed by atoms with Crippen LogP contribution in [0, 0.1) is 12.8 Å². The predicted octanol–water partition coefficient (Wildman–Crippen LogP) is 1.27. The third kappa shape index (κ3) is 7.37. The van der Waals surface area contributed by atoms with E-state index in [2.05, 4.69) is 41.7 Å². The zero-order valence-corrected chi connectivity index (χ0v) is 21.4. The molecule has 0 amide bonds. The van der Waals surface area contributed by atoms with E-state index in [0.29, 0.717) is 24.9 Å². The number of hydrogen-bond donors (Lipinski definition) is 3. The molecule has 5 heterocycles. The molecule has 2 aliphatic heterocycles. The lowest BCUT2D eigenvalue weighted by Crippen LogP contribution is -2.47. The van der Waals surface area contributed by atoms with Gasteiger partial charge in [-0.1, -0.05) is 6.07 Å². The maximum absolute atomic E-state index is 13.3. The number of hydrogen-bond acceptors (Lipinski definition) is 7. The summed E-state index contributed by atoms with van der Waals surface area (Å²) in [7, 11) is 3.99. The van der Waals surface area contributed by atoms with Crippen LogP contribution in [0.4, 0.5) is 0 Å². The zero-order valence-electron chi connectivity index (χ0n) is 21.4. The molecular formula is C25H35N7O5. The first-order valence-electron chi connectivity index (χ1n) is 12.0. The maximum Gasteiger partial charge on any atom is 0.290 e. The Morgan fingerprint density at radius 2 is 1.86 bits per heavy atom. The topological polar surface area (TPSA) is 150 Å². The standard InChI is InChI=1S/C23H31N7O.2CH2O2/c1-16-7-24-22(26-16)15-27(2)13-19-4-5-21-20-6-17(12-30(21)23(19)31)10-29(14-20)11-18-8-25-28(3)9-18;2*2-1-3/h4-5,7-9,17,20H,6,10-15H2,1-3H3,(H,24,26);2*1H,(H,2,3)/t17-,20+;;/m0../s1. The molecule has 0 aromatic carbocycles. The number of nitrogens with zero attached hydrogens (tertiary/aromatic N) is 6. The first kappa shape index (κ1) is 27.8. The molecule has 2 bridgehead atoms. The van der Waals surface area contributed by atoms with Crippen LogP contribution in [-0.4, -0.2) is 77.4 Å². The summed E-state index contributed by atoms with van der Waals surface area (Å²) in [4.78, 5) is 42.3. The molecule has 1 saturated heterocycles. The summed E-state index contributed by atoms with van der Waals surface area (Å²) in [6, 6.07) is 4.23. The largest absolute Gasteiger partial charge is 0.483 e. The van der Waals surface area contributed by atoms with E-state index in [4.69, 9.17) is 19.8 Å². The SMILES string of the molecule is Cc1cnc(CN(C)Cc2ccc3n(c2=O)C[C@H]2C[C@@H]3CN(Cc3cnn(C)c3)C2)[nH]1.O=CO.O=CO. The lowest BCUT2D eigenvalue weighted by atomic mass is 9.83. The number of carboxylic acid groups (broad SMARTS) is 2. The van der Waals surface area contributed by atoms with Crippen LogP contribution in [0.5, 0.6) is 0 Å². The van der Waals surface area contributed by atoms with Gasteiger partial charge in [0.2, 0.25) is 0 Å². The van der Waals surface area contributed by atoms with Crippen molar-refractivity contribution in [3.63, 3.8) is 0 Å². The van der Waals surface area contributed by atoms with Gasteiger partial charge < -0.3 is 19.8 Å². The Kier molecular flexibility index (Phi) is 9.75. The molecule has 37 heavy (non-hydrogen) atoms. The third-order valence-electron chi connectivity index (χ3n) is 6.54. The van der Waals surface area contributed by atoms with Gasteiger partial charge in [0, 0.05) is 80.6 Å². The molecule has 2 atom stereocenters. The highest BCUT2D eigenvalue weighted by atomic mass is 16.3. The van der Waals surface area contributed by atoms with E-state index in [9.17, 15) is 4.79 Å². The molecule has 12 nitrogen and oxygen atoms in total. The van der Waals surface area contributed by atoms with Crippen molar-refractivity contribution in [1.82, 2.24) is 34.1 Å². The fourth-order valence-electron chi connectivity index (χ4n) is 5.30. The highest BCUT2D eigenvalue weighted by molar-refractivity contribution is 5.33. The van der Waals surface area contributed by atoms with Crippen molar-refractivity contribution in [2.45, 2.75) is 45.4 Å². The van der Waals surface area contributed by atoms with Crippen LogP contribution in [0.15, 0.2) is 35.5 Å². The quantitative estimate of drug-likeness (QED) is 0.414. The van der Waals surface area contributed by atoms with E-state index in [1.54, 1.807) is 0 Å². The van der Waals surface area contributed by atoms with Crippen LogP contribution in [0.25, 0.3) is 0 Å². The van der Waals surface area contributed by atoms with Gasteiger partial charge in [0.15, 0.2) is 0 Å². The van der Waals surface area contributed by atoms with Gasteiger partial charge >= 0.3 is 0 Å². The third-order valence-corrected chi connectivity index (χ3v) is 6.54. The average molecular weight is 514 g/mol. The average Bonchev–Trinajstić information content (AvgIpc) is 3.44. The summed E-state index contributed by atoms with van der Waals surface area (Å²) in [6.45, 7) is 6.62. The van der Waals surface area contributed by atoms with E-state index in [0.717, 1.165) is 43.3 Å². The molecule has 1 fully saturated rings. The van der Waals surface area contributed by atoms with Gasteiger partial charge in [0.25, 0.3) is 18.5 Å². The summed E-state index contributed by atoms with van der Waals surface area (Å²) in [5, 5.41) is 18.1. The number of piperidine rings is 1. The minimum absolute atomic E-state index is 0.176. The Labute approximate surface area is 215 Å².